The van der Waals surface area contributed by atoms with Gasteiger partial charge in [0.05, 0.1) is 5.57 Å². The summed E-state index contributed by atoms with van der Waals surface area (Å²) in [5.41, 5.74) is 2.78. The molecule has 0 saturated carbocycles. The van der Waals surface area contributed by atoms with Gasteiger partial charge >= 0.3 is 0 Å². The number of hydrogen-bond acceptors (Lipinski definition) is 2. The van der Waals surface area contributed by atoms with Crippen molar-refractivity contribution in [2.45, 2.75) is 13.8 Å². The number of carbonyl (C=O) groups excluding carboxylic acids is 2. The third-order valence-electron chi connectivity index (χ3n) is 3.35. The van der Waals surface area contributed by atoms with Crippen LogP contribution in [0, 0.1) is 6.92 Å². The Hall–Kier alpha value is -2.65. The average molecular weight is 340 g/mol. The lowest BCUT2D eigenvalue weighted by atomic mass is 10.1. The van der Waals surface area contributed by atoms with E-state index in [2.05, 4.69) is 5.32 Å². The summed E-state index contributed by atoms with van der Waals surface area (Å²) in [4.78, 5) is 24.0. The molecule has 4 heteroatoms. The second kappa shape index (κ2) is 8.27. The normalized spacial score (nSPS) is 11.5. The van der Waals surface area contributed by atoms with E-state index >= 15 is 0 Å². The first kappa shape index (κ1) is 17.7. The van der Waals surface area contributed by atoms with E-state index in [1.807, 2.05) is 31.2 Å². The number of ketones is 1. The van der Waals surface area contributed by atoms with Crippen LogP contribution in [0.5, 0.6) is 0 Å². The highest BCUT2D eigenvalue weighted by Crippen LogP contribution is 2.12. The number of allylic oxidation sites excluding steroid dienone is 2. The van der Waals surface area contributed by atoms with Crippen LogP contribution in [-0.2, 0) is 9.59 Å². The quantitative estimate of drug-likeness (QED) is 0.367. The minimum atomic E-state index is -0.424. The highest BCUT2D eigenvalue weighted by atomic mass is 35.5. The number of aryl methyl sites for hydroxylation is 1. The van der Waals surface area contributed by atoms with Gasteiger partial charge in [-0.2, -0.15) is 0 Å². The Morgan fingerprint density at radius 2 is 1.62 bits per heavy atom. The molecule has 0 unspecified atom stereocenters. The van der Waals surface area contributed by atoms with E-state index in [1.54, 1.807) is 36.4 Å². The molecule has 0 spiro atoms. The zero-order valence-corrected chi connectivity index (χ0v) is 14.3. The summed E-state index contributed by atoms with van der Waals surface area (Å²) < 4.78 is 0. The molecule has 1 N–H and O–H groups in total. The highest BCUT2D eigenvalue weighted by molar-refractivity contribution is 6.30. The van der Waals surface area contributed by atoms with Crippen molar-refractivity contribution in [3.05, 3.63) is 82.4 Å². The van der Waals surface area contributed by atoms with Gasteiger partial charge in [0.2, 0.25) is 0 Å². The van der Waals surface area contributed by atoms with E-state index in [1.165, 1.54) is 13.0 Å². The van der Waals surface area contributed by atoms with Crippen LogP contribution in [0.3, 0.4) is 0 Å². The summed E-state index contributed by atoms with van der Waals surface area (Å²) in [6, 6.07) is 14.7. The van der Waals surface area contributed by atoms with Crippen molar-refractivity contribution in [3.63, 3.8) is 0 Å². The molecule has 0 fully saturated rings. The van der Waals surface area contributed by atoms with Crippen LogP contribution in [0.2, 0.25) is 5.02 Å². The molecule has 2 rings (SSSR count). The maximum absolute atomic E-state index is 12.3. The minimum absolute atomic E-state index is 0.0980. The van der Waals surface area contributed by atoms with Crippen LogP contribution in [-0.4, -0.2) is 11.7 Å². The second-order valence-electron chi connectivity index (χ2n) is 5.37. The topological polar surface area (TPSA) is 46.2 Å². The van der Waals surface area contributed by atoms with Crippen molar-refractivity contribution >= 4 is 35.1 Å². The summed E-state index contributed by atoms with van der Waals surface area (Å²) in [5, 5.41) is 3.38. The fraction of sp³-hybridized carbons (Fsp3) is 0.100. The van der Waals surface area contributed by atoms with Crippen LogP contribution in [0.1, 0.15) is 18.1 Å². The van der Waals surface area contributed by atoms with Crippen LogP contribution in [0.15, 0.2) is 66.3 Å². The van der Waals surface area contributed by atoms with Gasteiger partial charge in [-0.3, -0.25) is 9.59 Å². The van der Waals surface area contributed by atoms with Crippen molar-refractivity contribution in [1.82, 2.24) is 0 Å². The zero-order chi connectivity index (χ0) is 17.5. The van der Waals surface area contributed by atoms with Crippen molar-refractivity contribution in [3.8, 4) is 0 Å². The Balaban J connectivity index is 2.12. The maximum atomic E-state index is 12.3. The number of hydrogen-bond donors (Lipinski definition) is 1. The molecule has 1 amide bonds. The molecule has 0 aromatic heterocycles. The number of benzene rings is 2. The monoisotopic (exact) mass is 339 g/mol. The highest BCUT2D eigenvalue weighted by Gasteiger charge is 2.13. The van der Waals surface area contributed by atoms with E-state index in [-0.39, 0.29) is 11.4 Å². The summed E-state index contributed by atoms with van der Waals surface area (Å²) in [6.07, 6.45) is 4.99. The Morgan fingerprint density at radius 1 is 1.00 bits per heavy atom. The molecule has 0 aliphatic rings. The van der Waals surface area contributed by atoms with Gasteiger partial charge in [-0.1, -0.05) is 53.6 Å². The summed E-state index contributed by atoms with van der Waals surface area (Å²) in [7, 11) is 0. The van der Waals surface area contributed by atoms with Crippen molar-refractivity contribution < 1.29 is 9.59 Å². The first-order chi connectivity index (χ1) is 11.5. The molecule has 2 aromatic carbocycles. The molecule has 0 atom stereocenters. The lowest BCUT2D eigenvalue weighted by Crippen LogP contribution is -2.18. The van der Waals surface area contributed by atoms with Gasteiger partial charge in [-0.15, -0.1) is 0 Å². The molecule has 0 aliphatic heterocycles. The number of Topliss-reactive ketones (excluding diaryl/α,β-unsaturated/α-hetero) is 1. The van der Waals surface area contributed by atoms with Gasteiger partial charge in [-0.05, 0) is 49.8 Å². The zero-order valence-electron chi connectivity index (χ0n) is 13.5. The first-order valence-corrected chi connectivity index (χ1v) is 7.86. The summed E-state index contributed by atoms with van der Waals surface area (Å²) in [6.45, 7) is 3.34. The molecular weight excluding hydrogens is 322 g/mol. The molecular formula is C20H18ClNO2. The van der Waals surface area contributed by atoms with Crippen LogP contribution < -0.4 is 5.32 Å². The Labute approximate surface area is 146 Å². The Kier molecular flexibility index (Phi) is 6.10. The summed E-state index contributed by atoms with van der Waals surface area (Å²) >= 11 is 5.83. The number of anilines is 1. The number of rotatable bonds is 5. The van der Waals surface area contributed by atoms with Gasteiger partial charge in [-0.25, -0.2) is 0 Å². The van der Waals surface area contributed by atoms with E-state index < -0.39 is 5.91 Å². The van der Waals surface area contributed by atoms with Gasteiger partial charge in [0.1, 0.15) is 0 Å². The van der Waals surface area contributed by atoms with Gasteiger partial charge in [0.25, 0.3) is 5.91 Å². The molecule has 0 aliphatic carbocycles. The molecule has 0 saturated heterocycles. The third kappa shape index (κ3) is 5.21. The molecule has 2 aromatic rings. The lowest BCUT2D eigenvalue weighted by molar-refractivity contribution is -0.118. The standard InChI is InChI=1S/C20H18ClNO2/c1-14-6-12-18(13-7-14)22-20(24)19(15(2)23)5-3-4-16-8-10-17(21)11-9-16/h3-13H,1-2H3,(H,22,24)/b4-3+,19-5+. The van der Waals surface area contributed by atoms with E-state index in [9.17, 15) is 9.59 Å². The first-order valence-electron chi connectivity index (χ1n) is 7.48. The number of carbonyl (C=O) groups is 2. The fourth-order valence-electron chi connectivity index (χ4n) is 2.02. The van der Waals surface area contributed by atoms with Crippen LogP contribution in [0.4, 0.5) is 5.69 Å². The van der Waals surface area contributed by atoms with Gasteiger partial charge in [0, 0.05) is 10.7 Å². The SMILES string of the molecule is CC(=O)/C(=C\C=C\c1ccc(Cl)cc1)C(=O)Nc1ccc(C)cc1. The van der Waals surface area contributed by atoms with Gasteiger partial charge < -0.3 is 5.32 Å². The summed E-state index contributed by atoms with van der Waals surface area (Å²) in [5.74, 6) is -0.715. The molecule has 3 nitrogen and oxygen atoms in total. The van der Waals surface area contributed by atoms with Crippen molar-refractivity contribution in [2.24, 2.45) is 0 Å². The van der Waals surface area contributed by atoms with Gasteiger partial charge in [0.15, 0.2) is 5.78 Å². The third-order valence-corrected chi connectivity index (χ3v) is 3.61. The predicted molar refractivity (Wildman–Crippen MR) is 99.1 cm³/mol. The largest absolute Gasteiger partial charge is 0.322 e. The predicted octanol–water partition coefficient (Wildman–Crippen LogP) is 4.82. The van der Waals surface area contributed by atoms with Crippen LogP contribution in [0.25, 0.3) is 6.08 Å². The number of halogens is 1. The van der Waals surface area contributed by atoms with E-state index in [4.69, 9.17) is 11.6 Å². The molecule has 0 bridgehead atoms. The Bertz CT molecular complexity index is 787. The van der Waals surface area contributed by atoms with E-state index in [0.717, 1.165) is 11.1 Å². The van der Waals surface area contributed by atoms with E-state index in [0.29, 0.717) is 10.7 Å². The number of nitrogens with one attached hydrogen (secondary N) is 1. The molecule has 24 heavy (non-hydrogen) atoms. The maximum Gasteiger partial charge on any atom is 0.259 e. The molecule has 0 radical (unpaired) electrons. The lowest BCUT2D eigenvalue weighted by Gasteiger charge is -2.06. The fourth-order valence-corrected chi connectivity index (χ4v) is 2.14. The smallest absolute Gasteiger partial charge is 0.259 e. The average Bonchev–Trinajstić information content (AvgIpc) is 2.55. The van der Waals surface area contributed by atoms with Crippen LogP contribution >= 0.6 is 11.6 Å². The molecule has 122 valence electrons. The second-order valence-corrected chi connectivity index (χ2v) is 5.80. The van der Waals surface area contributed by atoms with Crippen molar-refractivity contribution in [2.75, 3.05) is 5.32 Å². The minimum Gasteiger partial charge on any atom is -0.322 e. The van der Waals surface area contributed by atoms with Crippen molar-refractivity contribution in [1.29, 1.82) is 0 Å². The Morgan fingerprint density at radius 3 is 2.21 bits per heavy atom. The number of amides is 1. The molecule has 0 heterocycles.